The molecule has 0 saturated heterocycles. The minimum atomic E-state index is 0.0654. The summed E-state index contributed by atoms with van der Waals surface area (Å²) < 4.78 is 0. The predicted octanol–water partition coefficient (Wildman–Crippen LogP) is 2.38. The van der Waals surface area contributed by atoms with Gasteiger partial charge < -0.3 is 5.32 Å². The Morgan fingerprint density at radius 2 is 2.27 bits per heavy atom. The Balaban J connectivity index is 1.44. The largest absolute Gasteiger partial charge is 0.326 e. The Hall–Kier alpha value is -1.82. The molecule has 1 amide bonds. The van der Waals surface area contributed by atoms with Gasteiger partial charge in [0.25, 0.3) is 0 Å². The molecule has 1 aliphatic carbocycles. The van der Waals surface area contributed by atoms with Gasteiger partial charge in [0.15, 0.2) is 5.17 Å². The second-order valence-corrected chi connectivity index (χ2v) is 6.96. The van der Waals surface area contributed by atoms with Crippen molar-refractivity contribution in [3.05, 3.63) is 29.3 Å². The number of nitrogens with zero attached hydrogens (tertiary/aromatic N) is 2. The van der Waals surface area contributed by atoms with Gasteiger partial charge in [0.05, 0.1) is 12.1 Å². The molecule has 6 heteroatoms. The van der Waals surface area contributed by atoms with Crippen LogP contribution in [0.4, 0.5) is 5.69 Å². The Morgan fingerprint density at radius 3 is 3.00 bits per heavy atom. The number of benzene rings is 1. The van der Waals surface area contributed by atoms with Crippen LogP contribution in [0.25, 0.3) is 0 Å². The van der Waals surface area contributed by atoms with E-state index in [0.29, 0.717) is 6.42 Å². The number of carbonyl (C=O) groups excluding carboxylic acids is 1. The van der Waals surface area contributed by atoms with E-state index in [1.54, 1.807) is 11.8 Å². The van der Waals surface area contributed by atoms with Gasteiger partial charge in [-0.1, -0.05) is 30.3 Å². The lowest BCUT2D eigenvalue weighted by Gasteiger charge is -2.24. The number of hydrogen-bond donors (Lipinski definition) is 2. The number of hydrogen-bond acceptors (Lipinski definition) is 4. The number of fused-ring (bicyclic) bond motifs is 1. The van der Waals surface area contributed by atoms with Crippen LogP contribution in [0, 0.1) is 5.92 Å². The summed E-state index contributed by atoms with van der Waals surface area (Å²) in [4.78, 5) is 16.0. The first kappa shape index (κ1) is 13.8. The van der Waals surface area contributed by atoms with Crippen LogP contribution >= 0.6 is 11.8 Å². The average molecular weight is 314 g/mol. The van der Waals surface area contributed by atoms with Crippen molar-refractivity contribution < 1.29 is 4.79 Å². The third-order valence-electron chi connectivity index (χ3n) is 4.42. The Bertz CT molecular complexity index is 679. The van der Waals surface area contributed by atoms with Gasteiger partial charge in [-0.2, -0.15) is 5.10 Å². The molecule has 0 radical (unpaired) electrons. The molecule has 1 fully saturated rings. The maximum absolute atomic E-state index is 11.4. The highest BCUT2D eigenvalue weighted by Crippen LogP contribution is 2.27. The van der Waals surface area contributed by atoms with E-state index in [-0.39, 0.29) is 5.91 Å². The summed E-state index contributed by atoms with van der Waals surface area (Å²) in [7, 11) is 0. The van der Waals surface area contributed by atoms with E-state index < -0.39 is 0 Å². The van der Waals surface area contributed by atoms with Gasteiger partial charge in [0, 0.05) is 23.5 Å². The molecule has 3 aliphatic rings. The number of nitrogens with one attached hydrogen (secondary N) is 2. The lowest BCUT2D eigenvalue weighted by Crippen LogP contribution is -2.26. The predicted molar refractivity (Wildman–Crippen MR) is 90.5 cm³/mol. The summed E-state index contributed by atoms with van der Waals surface area (Å²) in [6.45, 7) is 0.922. The van der Waals surface area contributed by atoms with Crippen molar-refractivity contribution in [2.24, 2.45) is 16.0 Å². The van der Waals surface area contributed by atoms with Gasteiger partial charge in [-0.3, -0.25) is 15.2 Å². The normalized spacial score (nSPS) is 22.6. The summed E-state index contributed by atoms with van der Waals surface area (Å²) >= 11 is 1.70. The van der Waals surface area contributed by atoms with E-state index in [9.17, 15) is 4.79 Å². The maximum atomic E-state index is 11.4. The van der Waals surface area contributed by atoms with Gasteiger partial charge in [0.1, 0.15) is 0 Å². The highest BCUT2D eigenvalue weighted by Gasteiger charge is 2.21. The van der Waals surface area contributed by atoms with E-state index in [1.165, 1.54) is 19.3 Å². The van der Waals surface area contributed by atoms with Gasteiger partial charge in [0.2, 0.25) is 5.91 Å². The quantitative estimate of drug-likeness (QED) is 0.900. The van der Waals surface area contributed by atoms with Gasteiger partial charge in [-0.25, -0.2) is 0 Å². The number of hydrazone groups is 1. The van der Waals surface area contributed by atoms with E-state index >= 15 is 0 Å². The van der Waals surface area contributed by atoms with Crippen LogP contribution in [0.5, 0.6) is 0 Å². The number of thioether (sulfide) groups is 1. The van der Waals surface area contributed by atoms with Gasteiger partial charge in [-0.05, 0) is 30.4 Å². The second-order valence-electron chi connectivity index (χ2n) is 6.00. The number of aliphatic imine (C=N–C) groups is 1. The Kier molecular flexibility index (Phi) is 3.62. The number of anilines is 1. The molecular formula is C16H18N4OS. The maximum Gasteiger partial charge on any atom is 0.228 e. The Labute approximate surface area is 133 Å². The topological polar surface area (TPSA) is 65.8 Å². The molecule has 0 unspecified atom stereocenters. The minimum absolute atomic E-state index is 0.0654. The minimum Gasteiger partial charge on any atom is -0.326 e. The highest BCUT2D eigenvalue weighted by molar-refractivity contribution is 8.14. The van der Waals surface area contributed by atoms with Crippen molar-refractivity contribution >= 4 is 34.2 Å². The lowest BCUT2D eigenvalue weighted by atomic mass is 9.86. The SMILES string of the molecule is O=C1Cc2ccc(C3=NNC(=NCC4CCC4)SC3)cc2N1. The number of rotatable bonds is 3. The summed E-state index contributed by atoms with van der Waals surface area (Å²) in [5.74, 6) is 1.65. The number of amides is 1. The van der Waals surface area contributed by atoms with Crippen LogP contribution in [0.1, 0.15) is 30.4 Å². The molecule has 0 atom stereocenters. The van der Waals surface area contributed by atoms with Crippen molar-refractivity contribution in [3.8, 4) is 0 Å². The smallest absolute Gasteiger partial charge is 0.228 e. The zero-order chi connectivity index (χ0) is 14.9. The van der Waals surface area contributed by atoms with Crippen LogP contribution < -0.4 is 10.7 Å². The van der Waals surface area contributed by atoms with Crippen molar-refractivity contribution in [1.82, 2.24) is 5.43 Å². The first-order chi connectivity index (χ1) is 10.8. The molecule has 0 bridgehead atoms. The van der Waals surface area contributed by atoms with Crippen LogP contribution in [-0.2, 0) is 11.2 Å². The molecule has 2 N–H and O–H groups in total. The lowest BCUT2D eigenvalue weighted by molar-refractivity contribution is -0.115. The van der Waals surface area contributed by atoms with Crippen LogP contribution in [0.2, 0.25) is 0 Å². The number of amidine groups is 1. The highest BCUT2D eigenvalue weighted by atomic mass is 32.2. The first-order valence-electron chi connectivity index (χ1n) is 7.71. The van der Waals surface area contributed by atoms with E-state index in [1.807, 2.05) is 18.2 Å². The molecule has 1 saturated carbocycles. The van der Waals surface area contributed by atoms with Crippen molar-refractivity contribution in [2.75, 3.05) is 17.6 Å². The molecule has 0 spiro atoms. The zero-order valence-corrected chi connectivity index (χ0v) is 13.1. The van der Waals surface area contributed by atoms with Gasteiger partial charge in [-0.15, -0.1) is 0 Å². The van der Waals surface area contributed by atoms with Crippen LogP contribution in [0.3, 0.4) is 0 Å². The molecule has 1 aromatic carbocycles. The third-order valence-corrected chi connectivity index (χ3v) is 5.33. The molecule has 5 nitrogen and oxygen atoms in total. The monoisotopic (exact) mass is 314 g/mol. The van der Waals surface area contributed by atoms with Crippen molar-refractivity contribution in [3.63, 3.8) is 0 Å². The summed E-state index contributed by atoms with van der Waals surface area (Å²) in [6.07, 6.45) is 4.47. The molecule has 114 valence electrons. The molecule has 2 aliphatic heterocycles. The summed E-state index contributed by atoms with van der Waals surface area (Å²) in [6, 6.07) is 6.06. The first-order valence-corrected chi connectivity index (χ1v) is 8.69. The number of carbonyl (C=O) groups is 1. The molecule has 22 heavy (non-hydrogen) atoms. The van der Waals surface area contributed by atoms with Crippen molar-refractivity contribution in [2.45, 2.75) is 25.7 Å². The van der Waals surface area contributed by atoms with E-state index in [2.05, 4.69) is 20.8 Å². The fourth-order valence-corrected chi connectivity index (χ4v) is 3.61. The molecule has 4 rings (SSSR count). The Morgan fingerprint density at radius 1 is 1.36 bits per heavy atom. The second kappa shape index (κ2) is 5.76. The zero-order valence-electron chi connectivity index (χ0n) is 12.3. The van der Waals surface area contributed by atoms with Crippen molar-refractivity contribution in [1.29, 1.82) is 0 Å². The fourth-order valence-electron chi connectivity index (χ4n) is 2.83. The summed E-state index contributed by atoms with van der Waals surface area (Å²) in [5.41, 5.74) is 7.09. The molecule has 1 aromatic rings. The van der Waals surface area contributed by atoms with E-state index in [4.69, 9.17) is 0 Å². The van der Waals surface area contributed by atoms with Gasteiger partial charge >= 0.3 is 0 Å². The molecule has 2 heterocycles. The third kappa shape index (κ3) is 2.75. The summed E-state index contributed by atoms with van der Waals surface area (Å²) in [5, 5.41) is 8.26. The average Bonchev–Trinajstić information content (AvgIpc) is 2.85. The molecule has 0 aromatic heterocycles. The van der Waals surface area contributed by atoms with Crippen LogP contribution in [0.15, 0.2) is 28.3 Å². The van der Waals surface area contributed by atoms with E-state index in [0.717, 1.165) is 45.9 Å². The standard InChI is InChI=1S/C16H18N4OS/c21-15-7-12-5-4-11(6-13(12)18-15)14-9-22-16(20-19-14)17-8-10-2-1-3-10/h4-6,10H,1-3,7-9H2,(H,17,20)(H,18,21). The molecular weight excluding hydrogens is 296 g/mol. The fraction of sp³-hybridized carbons (Fsp3) is 0.438. The van der Waals surface area contributed by atoms with Crippen LogP contribution in [-0.4, -0.2) is 29.1 Å².